The van der Waals surface area contributed by atoms with E-state index in [4.69, 9.17) is 9.72 Å². The second-order valence-electron chi connectivity index (χ2n) is 16.7. The molecule has 0 radical (unpaired) electrons. The summed E-state index contributed by atoms with van der Waals surface area (Å²) < 4.78 is 7.03. The Balaban J connectivity index is 1.41. The predicted molar refractivity (Wildman–Crippen MR) is 184 cm³/mol. The first-order valence-corrected chi connectivity index (χ1v) is 16.4. The number of aromatic nitrogens is 1. The summed E-state index contributed by atoms with van der Waals surface area (Å²) in [4.78, 5) is 5.04. The maximum absolute atomic E-state index is 7.03. The van der Waals surface area contributed by atoms with E-state index in [1.165, 1.54) is 69.3 Å². The highest BCUT2D eigenvalue weighted by Gasteiger charge is 2.30. The van der Waals surface area contributed by atoms with Crippen molar-refractivity contribution >= 4 is 32.3 Å². The lowest BCUT2D eigenvalue weighted by atomic mass is 9.71. The van der Waals surface area contributed by atoms with Crippen molar-refractivity contribution in [2.75, 3.05) is 0 Å². The molecule has 2 heterocycles. The summed E-state index contributed by atoms with van der Waals surface area (Å²) in [6.45, 7) is 18.7. The van der Waals surface area contributed by atoms with Gasteiger partial charge in [-0.25, -0.2) is 0 Å². The van der Waals surface area contributed by atoms with Gasteiger partial charge in [0, 0.05) is 17.3 Å². The topological polar surface area (TPSA) is 22.1 Å². The van der Waals surface area contributed by atoms with Crippen LogP contribution >= 0.6 is 0 Å². The lowest BCUT2D eigenvalue weighted by Gasteiger charge is -2.34. The van der Waals surface area contributed by atoms with Crippen LogP contribution in [0.2, 0.25) is 0 Å². The van der Waals surface area contributed by atoms with Crippen LogP contribution in [0.1, 0.15) is 104 Å². The molecule has 0 spiro atoms. The Hall–Kier alpha value is -3.39. The molecule has 0 amide bonds. The third-order valence-electron chi connectivity index (χ3n) is 9.83. The molecule has 2 heteroatoms. The van der Waals surface area contributed by atoms with Gasteiger partial charge in [0.2, 0.25) is 0 Å². The fourth-order valence-electron chi connectivity index (χ4n) is 7.71. The molecule has 0 bridgehead atoms. The second kappa shape index (κ2) is 9.81. The van der Waals surface area contributed by atoms with Crippen LogP contribution in [0.4, 0.5) is 0 Å². The molecule has 2 nitrogen and oxygen atoms in total. The summed E-state index contributed by atoms with van der Waals surface area (Å²) in [5.74, 6) is 2.58. The summed E-state index contributed by atoms with van der Waals surface area (Å²) in [5.41, 5.74) is 7.15. The van der Waals surface area contributed by atoms with E-state index in [9.17, 15) is 0 Å². The van der Waals surface area contributed by atoms with E-state index in [0.29, 0.717) is 11.3 Å². The molecule has 2 aliphatic rings. The number of benzene rings is 4. The summed E-state index contributed by atoms with van der Waals surface area (Å²) in [5, 5.41) is 7.52. The first-order chi connectivity index (χ1) is 20.2. The molecule has 1 aliphatic heterocycles. The molecule has 1 fully saturated rings. The third kappa shape index (κ3) is 5.32. The lowest BCUT2D eigenvalue weighted by Crippen LogP contribution is -2.20. The summed E-state index contributed by atoms with van der Waals surface area (Å²) in [7, 11) is 0. The van der Waals surface area contributed by atoms with E-state index >= 15 is 0 Å². The van der Waals surface area contributed by atoms with Crippen molar-refractivity contribution < 1.29 is 4.74 Å². The molecule has 0 saturated heterocycles. The van der Waals surface area contributed by atoms with Crippen LogP contribution in [0, 0.1) is 16.2 Å². The number of rotatable bonds is 3. The molecular weight excluding hydrogens is 522 g/mol. The van der Waals surface area contributed by atoms with Gasteiger partial charge in [-0.05, 0) is 117 Å². The van der Waals surface area contributed by atoms with Gasteiger partial charge in [-0.2, -0.15) is 0 Å². The SMILES string of the molecule is CC(C)(C)Cc1ccc2c(CC(C)(C)C)c3c(cc2c1)-c1nccc2c1c(cc1cc(C4CCC(C)(C)CC4)ccc12)O3. The summed E-state index contributed by atoms with van der Waals surface area (Å²) in [6.07, 6.45) is 9.14. The maximum Gasteiger partial charge on any atom is 0.140 e. The van der Waals surface area contributed by atoms with Crippen molar-refractivity contribution in [2.45, 2.75) is 99.8 Å². The molecule has 0 N–H and O–H groups in total. The molecule has 5 aromatic rings. The largest absolute Gasteiger partial charge is 0.456 e. The zero-order chi connectivity index (χ0) is 30.3. The van der Waals surface area contributed by atoms with Crippen molar-refractivity contribution in [1.82, 2.24) is 4.98 Å². The smallest absolute Gasteiger partial charge is 0.140 e. The minimum atomic E-state index is 0.113. The first-order valence-electron chi connectivity index (χ1n) is 16.4. The van der Waals surface area contributed by atoms with Gasteiger partial charge >= 0.3 is 0 Å². The predicted octanol–water partition coefficient (Wildman–Crippen LogP) is 12.2. The van der Waals surface area contributed by atoms with Crippen molar-refractivity contribution in [3.63, 3.8) is 0 Å². The molecule has 0 unspecified atom stereocenters. The van der Waals surface area contributed by atoms with Crippen molar-refractivity contribution in [1.29, 1.82) is 0 Å². The molecule has 7 rings (SSSR count). The first kappa shape index (κ1) is 28.4. The van der Waals surface area contributed by atoms with Crippen LogP contribution in [-0.2, 0) is 12.8 Å². The van der Waals surface area contributed by atoms with Crippen LogP contribution in [-0.4, -0.2) is 4.98 Å². The zero-order valence-corrected chi connectivity index (χ0v) is 27.4. The van der Waals surface area contributed by atoms with Gasteiger partial charge in [-0.15, -0.1) is 0 Å². The fourth-order valence-corrected chi connectivity index (χ4v) is 7.71. The standard InChI is InChI=1S/C41H47NO/c1-39(2,3)23-25-9-11-31-28(19-25)21-33-37-36-32(15-18-42-37)30-12-10-27(26-13-16-41(7,8)17-14-26)20-29(30)22-35(36)43-38(33)34(31)24-40(4,5)6/h9-12,15,18-22,26H,13-14,16-17,23-24H2,1-8H3. The number of pyridine rings is 1. The molecule has 1 aliphatic carbocycles. The van der Waals surface area contributed by atoms with E-state index < -0.39 is 0 Å². The van der Waals surface area contributed by atoms with E-state index in [1.54, 1.807) is 0 Å². The lowest BCUT2D eigenvalue weighted by molar-refractivity contribution is 0.224. The Labute approximate surface area is 257 Å². The number of fused-ring (bicyclic) bond motifs is 5. The third-order valence-corrected chi connectivity index (χ3v) is 9.83. The minimum absolute atomic E-state index is 0.113. The van der Waals surface area contributed by atoms with Gasteiger partial charge < -0.3 is 4.74 Å². The van der Waals surface area contributed by atoms with E-state index in [-0.39, 0.29) is 10.8 Å². The highest BCUT2D eigenvalue weighted by atomic mass is 16.5. The van der Waals surface area contributed by atoms with Gasteiger partial charge in [-0.1, -0.05) is 91.8 Å². The Morgan fingerprint density at radius 1 is 0.767 bits per heavy atom. The van der Waals surface area contributed by atoms with Gasteiger partial charge in [0.05, 0.1) is 11.1 Å². The van der Waals surface area contributed by atoms with Crippen LogP contribution in [0.3, 0.4) is 0 Å². The second-order valence-corrected chi connectivity index (χ2v) is 16.7. The Bertz CT molecular complexity index is 1890. The highest BCUT2D eigenvalue weighted by Crippen LogP contribution is 2.52. The number of hydrogen-bond donors (Lipinski definition) is 0. The van der Waals surface area contributed by atoms with Crippen LogP contribution in [0.25, 0.3) is 43.6 Å². The van der Waals surface area contributed by atoms with E-state index in [1.807, 2.05) is 6.20 Å². The maximum atomic E-state index is 7.03. The van der Waals surface area contributed by atoms with Crippen molar-refractivity contribution in [2.24, 2.45) is 16.2 Å². The monoisotopic (exact) mass is 569 g/mol. The van der Waals surface area contributed by atoms with Crippen LogP contribution in [0.15, 0.2) is 60.8 Å². The Morgan fingerprint density at radius 3 is 2.19 bits per heavy atom. The average molecular weight is 570 g/mol. The summed E-state index contributed by atoms with van der Waals surface area (Å²) in [6, 6.07) is 21.1. The molecule has 43 heavy (non-hydrogen) atoms. The molecule has 4 aromatic carbocycles. The summed E-state index contributed by atoms with van der Waals surface area (Å²) >= 11 is 0. The van der Waals surface area contributed by atoms with Crippen LogP contribution in [0.5, 0.6) is 11.5 Å². The number of hydrogen-bond acceptors (Lipinski definition) is 2. The quantitative estimate of drug-likeness (QED) is 0.198. The molecule has 1 aromatic heterocycles. The highest BCUT2D eigenvalue weighted by molar-refractivity contribution is 6.16. The van der Waals surface area contributed by atoms with Gasteiger partial charge in [0.1, 0.15) is 11.5 Å². The fraction of sp³-hybridized carbons (Fsp3) is 0.439. The Kier molecular flexibility index (Phi) is 6.48. The van der Waals surface area contributed by atoms with Gasteiger partial charge in [-0.3, -0.25) is 4.98 Å². The van der Waals surface area contributed by atoms with Crippen LogP contribution < -0.4 is 4.74 Å². The number of nitrogens with zero attached hydrogens (tertiary/aromatic N) is 1. The Morgan fingerprint density at radius 2 is 1.47 bits per heavy atom. The molecule has 222 valence electrons. The van der Waals surface area contributed by atoms with E-state index in [2.05, 4.69) is 110 Å². The van der Waals surface area contributed by atoms with Crippen molar-refractivity contribution in [3.05, 3.63) is 77.5 Å². The average Bonchev–Trinajstić information content (AvgIpc) is 2.91. The normalized spacial score (nSPS) is 16.9. The molecule has 0 atom stereocenters. The zero-order valence-electron chi connectivity index (χ0n) is 27.4. The molecular formula is C41H47NO. The number of ether oxygens (including phenoxy) is 1. The minimum Gasteiger partial charge on any atom is -0.456 e. The van der Waals surface area contributed by atoms with Gasteiger partial charge in [0.25, 0.3) is 0 Å². The molecule has 1 saturated carbocycles. The van der Waals surface area contributed by atoms with Crippen molar-refractivity contribution in [3.8, 4) is 22.8 Å². The van der Waals surface area contributed by atoms with E-state index in [0.717, 1.165) is 41.0 Å². The van der Waals surface area contributed by atoms with Gasteiger partial charge in [0.15, 0.2) is 0 Å².